The average molecular weight is 310 g/mol. The molecule has 0 aliphatic rings. The minimum absolute atomic E-state index is 0.200. The Labute approximate surface area is 126 Å². The van der Waals surface area contributed by atoms with E-state index in [2.05, 4.69) is 15.2 Å². The minimum atomic E-state index is -0.200. The van der Waals surface area contributed by atoms with Gasteiger partial charge in [0.05, 0.1) is 23.0 Å². The van der Waals surface area contributed by atoms with E-state index in [1.54, 1.807) is 6.33 Å². The lowest BCUT2D eigenvalue weighted by molar-refractivity contribution is 0.675. The maximum Gasteiger partial charge on any atom is 0.152 e. The number of hydrogen-bond acceptors (Lipinski definition) is 3. The summed E-state index contributed by atoms with van der Waals surface area (Å²) in [5.41, 5.74) is 1.82. The van der Waals surface area contributed by atoms with E-state index in [0.717, 1.165) is 22.7 Å². The lowest BCUT2D eigenvalue weighted by Gasteiger charge is -2.10. The summed E-state index contributed by atoms with van der Waals surface area (Å²) in [5.74, 6) is 1.63. The Bertz CT molecular complexity index is 759. The van der Waals surface area contributed by atoms with Crippen molar-refractivity contribution in [3.8, 4) is 0 Å². The van der Waals surface area contributed by atoms with Gasteiger partial charge >= 0.3 is 0 Å². The molecule has 3 aromatic rings. The second-order valence-electron chi connectivity index (χ2n) is 4.66. The fraction of sp³-hybridized carbons (Fsp3) is 0.308. The predicted molar refractivity (Wildman–Crippen MR) is 79.1 cm³/mol. The number of hydrogen-bond donors (Lipinski definition) is 0. The number of aryl methyl sites for hydroxylation is 1. The molecule has 0 radical (unpaired) electrons. The summed E-state index contributed by atoms with van der Waals surface area (Å²) in [7, 11) is 1.91. The molecule has 104 valence electrons. The third-order valence-corrected chi connectivity index (χ3v) is 3.63. The first-order chi connectivity index (χ1) is 9.56. The Hall–Kier alpha value is -1.59. The van der Waals surface area contributed by atoms with Crippen LogP contribution in [0.3, 0.4) is 0 Å². The molecule has 7 heteroatoms. The molecule has 0 bridgehead atoms. The molecule has 3 rings (SSSR count). The van der Waals surface area contributed by atoms with Crippen molar-refractivity contribution in [2.75, 3.05) is 0 Å². The van der Waals surface area contributed by atoms with Crippen molar-refractivity contribution in [1.82, 2.24) is 24.3 Å². The van der Waals surface area contributed by atoms with Gasteiger partial charge in [-0.2, -0.15) is 0 Å². The Morgan fingerprint density at radius 3 is 2.80 bits per heavy atom. The summed E-state index contributed by atoms with van der Waals surface area (Å²) in [6, 6.07) is 5.61. The number of nitrogens with zero attached hydrogens (tertiary/aromatic N) is 5. The standard InChI is InChI=1S/C13H13Cl2N5/c1-8(14)13-17-10-4-3-9(15)5-11(10)20(13)6-12-18-16-7-19(12)2/h3-5,7-8H,6H2,1-2H3. The number of fused-ring (bicyclic) bond motifs is 1. The topological polar surface area (TPSA) is 48.5 Å². The van der Waals surface area contributed by atoms with Gasteiger partial charge in [-0.05, 0) is 25.1 Å². The first-order valence-electron chi connectivity index (χ1n) is 6.19. The van der Waals surface area contributed by atoms with Gasteiger partial charge in [-0.1, -0.05) is 11.6 Å². The Kier molecular flexibility index (Phi) is 3.40. The van der Waals surface area contributed by atoms with E-state index in [-0.39, 0.29) is 5.38 Å². The molecule has 2 aromatic heterocycles. The van der Waals surface area contributed by atoms with Gasteiger partial charge in [0.25, 0.3) is 0 Å². The van der Waals surface area contributed by atoms with Crippen LogP contribution < -0.4 is 0 Å². The monoisotopic (exact) mass is 309 g/mol. The van der Waals surface area contributed by atoms with Crippen LogP contribution in [0.5, 0.6) is 0 Å². The van der Waals surface area contributed by atoms with Crippen LogP contribution >= 0.6 is 23.2 Å². The first-order valence-corrected chi connectivity index (χ1v) is 7.00. The molecule has 2 heterocycles. The average Bonchev–Trinajstić information content (AvgIpc) is 2.95. The van der Waals surface area contributed by atoms with Crippen molar-refractivity contribution in [1.29, 1.82) is 0 Å². The Balaban J connectivity index is 2.18. The van der Waals surface area contributed by atoms with Crippen molar-refractivity contribution in [2.24, 2.45) is 7.05 Å². The van der Waals surface area contributed by atoms with Crippen molar-refractivity contribution in [3.05, 3.63) is 41.2 Å². The van der Waals surface area contributed by atoms with Crippen LogP contribution in [0.15, 0.2) is 24.5 Å². The molecule has 0 amide bonds. The Morgan fingerprint density at radius 2 is 2.15 bits per heavy atom. The molecule has 1 atom stereocenters. The van der Waals surface area contributed by atoms with Gasteiger partial charge in [0.1, 0.15) is 12.2 Å². The van der Waals surface area contributed by atoms with E-state index < -0.39 is 0 Å². The molecule has 0 N–H and O–H groups in total. The molecule has 5 nitrogen and oxygen atoms in total. The molecule has 0 aliphatic heterocycles. The number of imidazole rings is 1. The molecular weight excluding hydrogens is 297 g/mol. The van der Waals surface area contributed by atoms with Gasteiger partial charge < -0.3 is 9.13 Å². The van der Waals surface area contributed by atoms with Crippen molar-refractivity contribution in [2.45, 2.75) is 18.8 Å². The van der Waals surface area contributed by atoms with Gasteiger partial charge in [-0.3, -0.25) is 0 Å². The smallest absolute Gasteiger partial charge is 0.152 e. The summed E-state index contributed by atoms with van der Waals surface area (Å²) < 4.78 is 3.90. The van der Waals surface area contributed by atoms with Gasteiger partial charge in [0.2, 0.25) is 0 Å². The maximum atomic E-state index is 6.24. The van der Waals surface area contributed by atoms with E-state index in [1.807, 2.05) is 41.3 Å². The highest BCUT2D eigenvalue weighted by molar-refractivity contribution is 6.31. The SMILES string of the molecule is CC(Cl)c1nc2ccc(Cl)cc2n1Cc1nncn1C. The molecule has 20 heavy (non-hydrogen) atoms. The lowest BCUT2D eigenvalue weighted by atomic mass is 10.3. The molecule has 1 aromatic carbocycles. The van der Waals surface area contributed by atoms with Crippen LogP contribution in [0.4, 0.5) is 0 Å². The van der Waals surface area contributed by atoms with Crippen molar-refractivity contribution in [3.63, 3.8) is 0 Å². The second kappa shape index (κ2) is 5.07. The van der Waals surface area contributed by atoms with Crippen LogP contribution in [0.25, 0.3) is 11.0 Å². The minimum Gasteiger partial charge on any atom is -0.319 e. The quantitative estimate of drug-likeness (QED) is 0.698. The number of aromatic nitrogens is 5. The number of rotatable bonds is 3. The summed E-state index contributed by atoms with van der Waals surface area (Å²) in [5, 5.41) is 8.48. The summed E-state index contributed by atoms with van der Waals surface area (Å²) in [6.07, 6.45) is 1.67. The zero-order valence-corrected chi connectivity index (χ0v) is 12.6. The van der Waals surface area contributed by atoms with E-state index in [1.165, 1.54) is 0 Å². The molecule has 0 aliphatic carbocycles. The highest BCUT2D eigenvalue weighted by atomic mass is 35.5. The van der Waals surface area contributed by atoms with Crippen LogP contribution in [0.2, 0.25) is 5.02 Å². The largest absolute Gasteiger partial charge is 0.319 e. The van der Waals surface area contributed by atoms with Crippen LogP contribution in [0, 0.1) is 0 Å². The fourth-order valence-electron chi connectivity index (χ4n) is 2.18. The summed E-state index contributed by atoms with van der Waals surface area (Å²) in [6.45, 7) is 2.46. The molecule has 0 saturated heterocycles. The number of benzene rings is 1. The molecule has 0 spiro atoms. The van der Waals surface area contributed by atoms with Crippen LogP contribution in [-0.4, -0.2) is 24.3 Å². The molecule has 1 unspecified atom stereocenters. The summed E-state index contributed by atoms with van der Waals surface area (Å²) >= 11 is 12.3. The van der Waals surface area contributed by atoms with Crippen LogP contribution in [0.1, 0.15) is 23.9 Å². The van der Waals surface area contributed by atoms with Gasteiger partial charge in [0, 0.05) is 12.1 Å². The number of alkyl halides is 1. The van der Waals surface area contributed by atoms with Gasteiger partial charge in [-0.15, -0.1) is 21.8 Å². The molecule has 0 saturated carbocycles. The summed E-state index contributed by atoms with van der Waals surface area (Å²) in [4.78, 5) is 4.58. The highest BCUT2D eigenvalue weighted by Crippen LogP contribution is 2.27. The highest BCUT2D eigenvalue weighted by Gasteiger charge is 2.16. The van der Waals surface area contributed by atoms with E-state index in [0.29, 0.717) is 11.6 Å². The maximum absolute atomic E-state index is 6.24. The first kappa shape index (κ1) is 13.4. The zero-order valence-electron chi connectivity index (χ0n) is 11.1. The third kappa shape index (κ3) is 2.27. The normalized spacial score (nSPS) is 13.0. The number of halogens is 2. The molecular formula is C13H13Cl2N5. The predicted octanol–water partition coefficient (Wildman–Crippen LogP) is 3.17. The van der Waals surface area contributed by atoms with E-state index in [4.69, 9.17) is 23.2 Å². The second-order valence-corrected chi connectivity index (χ2v) is 5.75. The van der Waals surface area contributed by atoms with Crippen molar-refractivity contribution < 1.29 is 0 Å². The van der Waals surface area contributed by atoms with Crippen molar-refractivity contribution >= 4 is 34.2 Å². The zero-order chi connectivity index (χ0) is 14.3. The Morgan fingerprint density at radius 1 is 1.35 bits per heavy atom. The van der Waals surface area contributed by atoms with E-state index in [9.17, 15) is 0 Å². The van der Waals surface area contributed by atoms with Crippen LogP contribution in [-0.2, 0) is 13.6 Å². The van der Waals surface area contributed by atoms with Gasteiger partial charge in [0.15, 0.2) is 5.82 Å². The lowest BCUT2D eigenvalue weighted by Crippen LogP contribution is -2.09. The van der Waals surface area contributed by atoms with Gasteiger partial charge in [-0.25, -0.2) is 4.98 Å². The molecule has 0 fully saturated rings. The fourth-order valence-corrected chi connectivity index (χ4v) is 2.51. The third-order valence-electron chi connectivity index (χ3n) is 3.20. The van der Waals surface area contributed by atoms with E-state index >= 15 is 0 Å².